The van der Waals surface area contributed by atoms with Crippen LogP contribution in [0, 0.1) is 0 Å². The fourth-order valence-corrected chi connectivity index (χ4v) is 1.83. The number of carbonyl (C=O) groups excluding carboxylic acids is 1. The second-order valence-corrected chi connectivity index (χ2v) is 4.82. The van der Waals surface area contributed by atoms with Gasteiger partial charge < -0.3 is 10.6 Å². The van der Waals surface area contributed by atoms with Gasteiger partial charge in [-0.25, -0.2) is 4.98 Å². The summed E-state index contributed by atoms with van der Waals surface area (Å²) in [5.41, 5.74) is 7.38. The second kappa shape index (κ2) is 6.14. The topological polar surface area (TPSA) is 72.1 Å². The number of carbonyl (C=O) groups is 1. The van der Waals surface area contributed by atoms with E-state index in [1.165, 1.54) is 6.20 Å². The quantitative estimate of drug-likeness (QED) is 0.923. The van der Waals surface area contributed by atoms with E-state index in [-0.39, 0.29) is 11.9 Å². The van der Waals surface area contributed by atoms with Crippen LogP contribution in [-0.2, 0) is 6.54 Å². The van der Waals surface area contributed by atoms with Crippen LogP contribution in [0.25, 0.3) is 0 Å². The highest BCUT2D eigenvalue weighted by molar-refractivity contribution is 5.92. The van der Waals surface area contributed by atoms with Gasteiger partial charge >= 0.3 is 0 Å². The number of hydrogen-bond acceptors (Lipinski definition) is 4. The molecule has 2 N–H and O–H groups in total. The van der Waals surface area contributed by atoms with Crippen LogP contribution >= 0.6 is 0 Å². The largest absolute Gasteiger partial charge is 0.397 e. The predicted molar refractivity (Wildman–Crippen MR) is 77.9 cm³/mol. The van der Waals surface area contributed by atoms with E-state index in [1.54, 1.807) is 23.2 Å². The van der Waals surface area contributed by atoms with Crippen LogP contribution in [0.3, 0.4) is 0 Å². The maximum atomic E-state index is 12.5. The summed E-state index contributed by atoms with van der Waals surface area (Å²) in [4.78, 5) is 22.6. The van der Waals surface area contributed by atoms with Crippen molar-refractivity contribution in [3.05, 3.63) is 54.1 Å². The maximum absolute atomic E-state index is 12.5. The van der Waals surface area contributed by atoms with Crippen LogP contribution in [0.1, 0.15) is 30.0 Å². The Bertz CT molecular complexity index is 566. The van der Waals surface area contributed by atoms with E-state index in [9.17, 15) is 4.79 Å². The number of aromatic nitrogens is 2. The SMILES string of the molecule is CC(C)N(Cc1ccccn1)C(=O)c1ccc(N)cn1. The first-order valence-corrected chi connectivity index (χ1v) is 6.50. The van der Waals surface area contributed by atoms with Crippen LogP contribution < -0.4 is 5.73 Å². The molecule has 5 nitrogen and oxygen atoms in total. The van der Waals surface area contributed by atoms with Crippen LogP contribution in [0.2, 0.25) is 0 Å². The molecule has 0 spiro atoms. The zero-order valence-corrected chi connectivity index (χ0v) is 11.7. The van der Waals surface area contributed by atoms with Crippen molar-refractivity contribution in [2.24, 2.45) is 0 Å². The summed E-state index contributed by atoms with van der Waals surface area (Å²) in [6, 6.07) is 9.05. The molecule has 0 saturated heterocycles. The standard InChI is InChI=1S/C15H18N4O/c1-11(2)19(10-13-5-3-4-8-17-13)15(20)14-7-6-12(16)9-18-14/h3-9,11H,10,16H2,1-2H3. The molecule has 0 unspecified atom stereocenters. The minimum absolute atomic E-state index is 0.0591. The van der Waals surface area contributed by atoms with Crippen molar-refractivity contribution in [1.29, 1.82) is 0 Å². The van der Waals surface area contributed by atoms with Crippen molar-refractivity contribution >= 4 is 11.6 Å². The molecule has 0 bridgehead atoms. The van der Waals surface area contributed by atoms with Crippen LogP contribution in [0.15, 0.2) is 42.7 Å². The third-order valence-corrected chi connectivity index (χ3v) is 2.95. The molecule has 0 radical (unpaired) electrons. The summed E-state index contributed by atoms with van der Waals surface area (Å²) >= 11 is 0. The number of amides is 1. The highest BCUT2D eigenvalue weighted by Gasteiger charge is 2.20. The molecule has 2 heterocycles. The Morgan fingerprint density at radius 2 is 2.05 bits per heavy atom. The van der Waals surface area contributed by atoms with Crippen LogP contribution in [0.5, 0.6) is 0 Å². The number of nitrogens with two attached hydrogens (primary N) is 1. The van der Waals surface area contributed by atoms with E-state index < -0.39 is 0 Å². The summed E-state index contributed by atoms with van der Waals surface area (Å²) in [6.45, 7) is 4.40. The number of pyridine rings is 2. The Balaban J connectivity index is 2.20. The van der Waals surface area contributed by atoms with Gasteiger partial charge in [0.15, 0.2) is 0 Å². The highest BCUT2D eigenvalue weighted by Crippen LogP contribution is 2.11. The van der Waals surface area contributed by atoms with Crippen molar-refractivity contribution < 1.29 is 4.79 Å². The molecule has 5 heteroatoms. The summed E-state index contributed by atoms with van der Waals surface area (Å²) in [7, 11) is 0. The molecule has 0 atom stereocenters. The summed E-state index contributed by atoms with van der Waals surface area (Å²) < 4.78 is 0. The Morgan fingerprint density at radius 3 is 2.60 bits per heavy atom. The average Bonchev–Trinajstić information content (AvgIpc) is 2.45. The van der Waals surface area contributed by atoms with Gasteiger partial charge in [-0.05, 0) is 38.1 Å². The molecule has 0 aromatic carbocycles. The first-order valence-electron chi connectivity index (χ1n) is 6.50. The number of anilines is 1. The molecule has 20 heavy (non-hydrogen) atoms. The number of rotatable bonds is 4. The van der Waals surface area contributed by atoms with Gasteiger partial charge in [0.2, 0.25) is 0 Å². The van der Waals surface area contributed by atoms with E-state index in [0.29, 0.717) is 17.9 Å². The summed E-state index contributed by atoms with van der Waals surface area (Å²) in [5.74, 6) is -0.120. The molecule has 0 fully saturated rings. The first-order chi connectivity index (χ1) is 9.58. The van der Waals surface area contributed by atoms with E-state index >= 15 is 0 Å². The minimum Gasteiger partial charge on any atom is -0.397 e. The molecular weight excluding hydrogens is 252 g/mol. The normalized spacial score (nSPS) is 10.6. The Hall–Kier alpha value is -2.43. The van der Waals surface area contributed by atoms with Gasteiger partial charge in [0.25, 0.3) is 5.91 Å². The smallest absolute Gasteiger partial charge is 0.273 e. The lowest BCUT2D eigenvalue weighted by Gasteiger charge is -2.26. The van der Waals surface area contributed by atoms with Gasteiger partial charge in [-0.2, -0.15) is 0 Å². The molecule has 0 aliphatic rings. The van der Waals surface area contributed by atoms with Crippen LogP contribution in [0.4, 0.5) is 5.69 Å². The Labute approximate surface area is 118 Å². The van der Waals surface area contributed by atoms with Gasteiger partial charge in [0, 0.05) is 12.2 Å². The van der Waals surface area contributed by atoms with Crippen molar-refractivity contribution in [2.75, 3.05) is 5.73 Å². The molecule has 1 amide bonds. The lowest BCUT2D eigenvalue weighted by Crippen LogP contribution is -2.37. The first kappa shape index (κ1) is 14.0. The van der Waals surface area contributed by atoms with Gasteiger partial charge in [-0.3, -0.25) is 9.78 Å². The van der Waals surface area contributed by atoms with Crippen molar-refractivity contribution in [2.45, 2.75) is 26.4 Å². The number of nitrogens with zero attached hydrogens (tertiary/aromatic N) is 3. The number of hydrogen-bond donors (Lipinski definition) is 1. The van der Waals surface area contributed by atoms with Crippen molar-refractivity contribution in [1.82, 2.24) is 14.9 Å². The molecule has 2 rings (SSSR count). The van der Waals surface area contributed by atoms with Crippen molar-refractivity contribution in [3.63, 3.8) is 0 Å². The zero-order valence-electron chi connectivity index (χ0n) is 11.7. The molecule has 0 aliphatic carbocycles. The Kier molecular flexibility index (Phi) is 4.30. The third-order valence-electron chi connectivity index (χ3n) is 2.95. The highest BCUT2D eigenvalue weighted by atomic mass is 16.2. The zero-order chi connectivity index (χ0) is 14.5. The van der Waals surface area contributed by atoms with E-state index in [4.69, 9.17) is 5.73 Å². The molecule has 2 aromatic heterocycles. The van der Waals surface area contributed by atoms with E-state index in [0.717, 1.165) is 5.69 Å². The molecule has 2 aromatic rings. The molecule has 0 saturated carbocycles. The van der Waals surface area contributed by atoms with E-state index in [2.05, 4.69) is 9.97 Å². The fourth-order valence-electron chi connectivity index (χ4n) is 1.83. The molecule has 0 aliphatic heterocycles. The summed E-state index contributed by atoms with van der Waals surface area (Å²) in [5, 5.41) is 0. The lowest BCUT2D eigenvalue weighted by atomic mass is 10.2. The van der Waals surface area contributed by atoms with Gasteiger partial charge in [0.1, 0.15) is 5.69 Å². The van der Waals surface area contributed by atoms with Gasteiger partial charge in [-0.15, -0.1) is 0 Å². The monoisotopic (exact) mass is 270 g/mol. The lowest BCUT2D eigenvalue weighted by molar-refractivity contribution is 0.0682. The van der Waals surface area contributed by atoms with Crippen LogP contribution in [-0.4, -0.2) is 26.8 Å². The molecular formula is C15H18N4O. The Morgan fingerprint density at radius 1 is 1.25 bits per heavy atom. The third kappa shape index (κ3) is 3.32. The summed E-state index contributed by atoms with van der Waals surface area (Å²) in [6.07, 6.45) is 3.21. The predicted octanol–water partition coefficient (Wildman–Crippen LogP) is 2.11. The van der Waals surface area contributed by atoms with E-state index in [1.807, 2.05) is 32.0 Å². The van der Waals surface area contributed by atoms with Gasteiger partial charge in [0.05, 0.1) is 24.1 Å². The number of nitrogen functional groups attached to an aromatic ring is 1. The molecule has 104 valence electrons. The maximum Gasteiger partial charge on any atom is 0.273 e. The minimum atomic E-state index is -0.120. The fraction of sp³-hybridized carbons (Fsp3) is 0.267. The van der Waals surface area contributed by atoms with Crippen molar-refractivity contribution in [3.8, 4) is 0 Å². The van der Waals surface area contributed by atoms with Gasteiger partial charge in [-0.1, -0.05) is 6.07 Å². The second-order valence-electron chi connectivity index (χ2n) is 4.82. The average molecular weight is 270 g/mol.